The highest BCUT2D eigenvalue weighted by atomic mass is 16.6. The predicted molar refractivity (Wildman–Crippen MR) is 83.5 cm³/mol. The fraction of sp³-hybridized carbons (Fsp3) is 0.500. The van der Waals surface area contributed by atoms with Crippen molar-refractivity contribution in [2.45, 2.75) is 20.8 Å². The Morgan fingerprint density at radius 3 is 2.76 bits per heavy atom. The SMILES string of the molecule is CCN(CC(C)(C)CN)c1nc2ccc([N+](=O)[O-])cc2[nH]1. The van der Waals surface area contributed by atoms with Gasteiger partial charge in [-0.05, 0) is 24.9 Å². The Morgan fingerprint density at radius 2 is 2.19 bits per heavy atom. The number of non-ortho nitro benzene ring substituents is 1. The second kappa shape index (κ2) is 5.69. The van der Waals surface area contributed by atoms with Gasteiger partial charge in [-0.1, -0.05) is 13.8 Å². The number of hydrogen-bond donors (Lipinski definition) is 2. The average Bonchev–Trinajstić information content (AvgIpc) is 2.87. The second-order valence-corrected chi connectivity index (χ2v) is 5.90. The lowest BCUT2D eigenvalue weighted by Gasteiger charge is -2.30. The van der Waals surface area contributed by atoms with Gasteiger partial charge >= 0.3 is 0 Å². The molecule has 0 unspecified atom stereocenters. The number of fused-ring (bicyclic) bond motifs is 1. The highest BCUT2D eigenvalue weighted by Gasteiger charge is 2.21. The third kappa shape index (κ3) is 3.30. The highest BCUT2D eigenvalue weighted by Crippen LogP contribution is 2.24. The maximum atomic E-state index is 10.8. The number of nitro groups is 1. The van der Waals surface area contributed by atoms with Crippen LogP contribution in [0.2, 0.25) is 0 Å². The lowest BCUT2D eigenvalue weighted by Crippen LogP contribution is -2.39. The average molecular weight is 291 g/mol. The van der Waals surface area contributed by atoms with Crippen molar-refractivity contribution >= 4 is 22.7 Å². The number of H-pyrrole nitrogens is 1. The summed E-state index contributed by atoms with van der Waals surface area (Å²) in [6.07, 6.45) is 0. The summed E-state index contributed by atoms with van der Waals surface area (Å²) in [5, 5.41) is 10.8. The van der Waals surface area contributed by atoms with Crippen molar-refractivity contribution in [3.63, 3.8) is 0 Å². The molecule has 0 bridgehead atoms. The zero-order valence-corrected chi connectivity index (χ0v) is 12.6. The molecule has 21 heavy (non-hydrogen) atoms. The van der Waals surface area contributed by atoms with E-state index < -0.39 is 4.92 Å². The fourth-order valence-electron chi connectivity index (χ4n) is 2.17. The number of nitrogens with one attached hydrogen (secondary N) is 1. The van der Waals surface area contributed by atoms with Gasteiger partial charge in [-0.3, -0.25) is 10.1 Å². The summed E-state index contributed by atoms with van der Waals surface area (Å²) in [4.78, 5) is 20.2. The summed E-state index contributed by atoms with van der Waals surface area (Å²) < 4.78 is 0. The van der Waals surface area contributed by atoms with E-state index in [2.05, 4.69) is 28.7 Å². The number of imidazole rings is 1. The van der Waals surface area contributed by atoms with Crippen LogP contribution in [0.4, 0.5) is 11.6 Å². The molecule has 1 aromatic carbocycles. The molecule has 0 spiro atoms. The van der Waals surface area contributed by atoms with Crippen LogP contribution in [0, 0.1) is 15.5 Å². The summed E-state index contributed by atoms with van der Waals surface area (Å²) >= 11 is 0. The summed E-state index contributed by atoms with van der Waals surface area (Å²) in [5.41, 5.74) is 7.21. The van der Waals surface area contributed by atoms with Crippen LogP contribution in [0.3, 0.4) is 0 Å². The molecule has 7 nitrogen and oxygen atoms in total. The minimum Gasteiger partial charge on any atom is -0.342 e. The molecular formula is C14H21N5O2. The van der Waals surface area contributed by atoms with Crippen molar-refractivity contribution in [1.29, 1.82) is 0 Å². The lowest BCUT2D eigenvalue weighted by molar-refractivity contribution is -0.384. The van der Waals surface area contributed by atoms with Gasteiger partial charge in [0.1, 0.15) is 0 Å². The number of rotatable bonds is 6. The van der Waals surface area contributed by atoms with Crippen molar-refractivity contribution < 1.29 is 4.92 Å². The van der Waals surface area contributed by atoms with Crippen LogP contribution < -0.4 is 10.6 Å². The van der Waals surface area contributed by atoms with Gasteiger partial charge in [-0.15, -0.1) is 0 Å². The molecule has 0 radical (unpaired) electrons. The van der Waals surface area contributed by atoms with Gasteiger partial charge in [-0.25, -0.2) is 4.98 Å². The molecule has 7 heteroatoms. The predicted octanol–water partition coefficient (Wildman–Crippen LogP) is 2.28. The van der Waals surface area contributed by atoms with Crippen molar-refractivity contribution in [3.8, 4) is 0 Å². The molecule has 114 valence electrons. The van der Waals surface area contributed by atoms with Gasteiger partial charge in [-0.2, -0.15) is 0 Å². The van der Waals surface area contributed by atoms with Gasteiger partial charge in [0.25, 0.3) is 5.69 Å². The fourth-order valence-corrected chi connectivity index (χ4v) is 2.17. The summed E-state index contributed by atoms with van der Waals surface area (Å²) in [6, 6.07) is 4.64. The quantitative estimate of drug-likeness (QED) is 0.628. The van der Waals surface area contributed by atoms with Crippen LogP contribution >= 0.6 is 0 Å². The molecule has 2 aromatic rings. The van der Waals surface area contributed by atoms with E-state index in [1.807, 2.05) is 6.92 Å². The van der Waals surface area contributed by atoms with E-state index in [0.717, 1.165) is 24.6 Å². The molecule has 2 rings (SSSR count). The number of hydrogen-bond acceptors (Lipinski definition) is 5. The summed E-state index contributed by atoms with van der Waals surface area (Å²) in [5.74, 6) is 0.717. The minimum atomic E-state index is -0.408. The lowest BCUT2D eigenvalue weighted by atomic mass is 9.93. The first kappa shape index (κ1) is 15.2. The third-order valence-corrected chi connectivity index (χ3v) is 3.52. The minimum absolute atomic E-state index is 0.0268. The molecule has 0 fully saturated rings. The smallest absolute Gasteiger partial charge is 0.271 e. The van der Waals surface area contributed by atoms with Crippen LogP contribution in [0.1, 0.15) is 20.8 Å². The summed E-state index contributed by atoms with van der Waals surface area (Å²) in [6.45, 7) is 8.37. The Balaban J connectivity index is 2.34. The largest absolute Gasteiger partial charge is 0.342 e. The van der Waals surface area contributed by atoms with Gasteiger partial charge in [0, 0.05) is 25.2 Å². The number of anilines is 1. The van der Waals surface area contributed by atoms with E-state index in [-0.39, 0.29) is 11.1 Å². The van der Waals surface area contributed by atoms with Crippen molar-refractivity contribution in [2.24, 2.45) is 11.1 Å². The van der Waals surface area contributed by atoms with Crippen LogP contribution in [-0.2, 0) is 0 Å². The molecule has 0 aliphatic rings. The molecule has 0 aliphatic carbocycles. The number of aromatic amines is 1. The van der Waals surface area contributed by atoms with E-state index in [1.54, 1.807) is 6.07 Å². The molecule has 1 heterocycles. The molecule has 0 aliphatic heterocycles. The molecular weight excluding hydrogens is 270 g/mol. The van der Waals surface area contributed by atoms with E-state index >= 15 is 0 Å². The molecule has 3 N–H and O–H groups in total. The van der Waals surface area contributed by atoms with Crippen molar-refractivity contribution in [3.05, 3.63) is 28.3 Å². The third-order valence-electron chi connectivity index (χ3n) is 3.52. The number of nitrogens with two attached hydrogens (primary N) is 1. The van der Waals surface area contributed by atoms with Crippen molar-refractivity contribution in [1.82, 2.24) is 9.97 Å². The molecule has 0 saturated heterocycles. The number of nitrogens with zero attached hydrogens (tertiary/aromatic N) is 3. The summed E-state index contributed by atoms with van der Waals surface area (Å²) in [7, 11) is 0. The molecule has 1 aromatic heterocycles. The molecule has 0 amide bonds. The van der Waals surface area contributed by atoms with E-state index in [0.29, 0.717) is 12.1 Å². The van der Waals surface area contributed by atoms with Crippen LogP contribution in [0.15, 0.2) is 18.2 Å². The van der Waals surface area contributed by atoms with Crippen LogP contribution in [0.5, 0.6) is 0 Å². The van der Waals surface area contributed by atoms with E-state index in [1.165, 1.54) is 12.1 Å². The van der Waals surface area contributed by atoms with E-state index in [9.17, 15) is 10.1 Å². The zero-order valence-electron chi connectivity index (χ0n) is 12.6. The standard InChI is InChI=1S/C14H21N5O2/c1-4-18(9-14(2,3)8-15)13-16-11-6-5-10(19(20)21)7-12(11)17-13/h5-7H,4,8-9,15H2,1-3H3,(H,16,17). The monoisotopic (exact) mass is 291 g/mol. The van der Waals surface area contributed by atoms with Gasteiger partial charge in [0.15, 0.2) is 0 Å². The van der Waals surface area contributed by atoms with Crippen LogP contribution in [-0.4, -0.2) is 34.5 Å². The Morgan fingerprint density at radius 1 is 1.48 bits per heavy atom. The Bertz CT molecular complexity index is 650. The number of nitro benzene ring substituents is 1. The van der Waals surface area contributed by atoms with Gasteiger partial charge < -0.3 is 15.6 Å². The topological polar surface area (TPSA) is 101 Å². The second-order valence-electron chi connectivity index (χ2n) is 5.90. The number of aromatic nitrogens is 2. The van der Waals surface area contributed by atoms with Crippen LogP contribution in [0.25, 0.3) is 11.0 Å². The number of benzene rings is 1. The molecule has 0 saturated carbocycles. The van der Waals surface area contributed by atoms with Gasteiger partial charge in [0.05, 0.1) is 16.0 Å². The first-order valence-electron chi connectivity index (χ1n) is 6.95. The Labute approximate surface area is 123 Å². The highest BCUT2D eigenvalue weighted by molar-refractivity contribution is 5.80. The Kier molecular flexibility index (Phi) is 4.13. The molecule has 0 atom stereocenters. The zero-order chi connectivity index (χ0) is 15.6. The van der Waals surface area contributed by atoms with Gasteiger partial charge in [0.2, 0.25) is 5.95 Å². The maximum Gasteiger partial charge on any atom is 0.271 e. The first-order valence-corrected chi connectivity index (χ1v) is 6.95. The first-order chi connectivity index (χ1) is 9.86. The van der Waals surface area contributed by atoms with E-state index in [4.69, 9.17) is 5.73 Å². The Hall–Kier alpha value is -2.15. The maximum absolute atomic E-state index is 10.8. The normalized spacial score (nSPS) is 11.8. The van der Waals surface area contributed by atoms with Crippen molar-refractivity contribution in [2.75, 3.05) is 24.5 Å².